The quantitative estimate of drug-likeness (QED) is 0.887. The topological polar surface area (TPSA) is 68.0 Å². The van der Waals surface area contributed by atoms with E-state index in [4.69, 9.17) is 4.52 Å². The van der Waals surface area contributed by atoms with E-state index in [9.17, 15) is 4.79 Å². The largest absolute Gasteiger partial charge is 0.345 e. The predicted octanol–water partition coefficient (Wildman–Crippen LogP) is 2.75. The molecule has 1 N–H and O–H groups in total. The van der Waals surface area contributed by atoms with Crippen molar-refractivity contribution in [3.05, 3.63) is 47.1 Å². The van der Waals surface area contributed by atoms with Crippen LogP contribution in [0.5, 0.6) is 0 Å². The molecule has 2 aromatic rings. The van der Waals surface area contributed by atoms with Gasteiger partial charge in [0.1, 0.15) is 6.04 Å². The van der Waals surface area contributed by atoms with Gasteiger partial charge >= 0.3 is 0 Å². The third kappa shape index (κ3) is 4.41. The Bertz CT molecular complexity index is 590. The number of carbonyl (C=O) groups excluding carboxylic acids is 1. The molecular weight excluding hydrogens is 266 g/mol. The van der Waals surface area contributed by atoms with Crippen molar-refractivity contribution in [2.75, 3.05) is 0 Å². The zero-order valence-corrected chi connectivity index (χ0v) is 12.7. The number of nitrogens with zero attached hydrogens (tertiary/aromatic N) is 2. The molecule has 1 unspecified atom stereocenters. The fourth-order valence-electron chi connectivity index (χ4n) is 2.06. The van der Waals surface area contributed by atoms with Crippen LogP contribution in [0.2, 0.25) is 0 Å². The maximum Gasteiger partial charge on any atom is 0.248 e. The Labute approximate surface area is 124 Å². The standard InChI is InChI=1S/C16H21N3O2/c1-4-13-5-7-14(8-6-13)9-10-15(20)17-11(2)16-18-12(3)19-21-16/h5-8,11H,4,9-10H2,1-3H3,(H,17,20). The normalized spacial score (nSPS) is 12.1. The number of hydrogen-bond donors (Lipinski definition) is 1. The molecule has 112 valence electrons. The van der Waals surface area contributed by atoms with Gasteiger partial charge in [-0.15, -0.1) is 0 Å². The molecule has 0 bridgehead atoms. The van der Waals surface area contributed by atoms with Crippen molar-refractivity contribution in [1.29, 1.82) is 0 Å². The molecule has 1 heterocycles. The second kappa shape index (κ2) is 7.02. The molecule has 0 saturated carbocycles. The van der Waals surface area contributed by atoms with Crippen LogP contribution >= 0.6 is 0 Å². The van der Waals surface area contributed by atoms with Crippen molar-refractivity contribution < 1.29 is 9.32 Å². The van der Waals surface area contributed by atoms with Crippen molar-refractivity contribution in [3.8, 4) is 0 Å². The van der Waals surface area contributed by atoms with E-state index in [1.807, 2.05) is 6.92 Å². The van der Waals surface area contributed by atoms with Gasteiger partial charge in [-0.3, -0.25) is 4.79 Å². The first kappa shape index (κ1) is 15.2. The summed E-state index contributed by atoms with van der Waals surface area (Å²) in [6.45, 7) is 5.71. The molecule has 0 fully saturated rings. The summed E-state index contributed by atoms with van der Waals surface area (Å²) in [7, 11) is 0. The van der Waals surface area contributed by atoms with Gasteiger partial charge in [0.05, 0.1) is 0 Å². The van der Waals surface area contributed by atoms with Gasteiger partial charge in [0.25, 0.3) is 0 Å². The summed E-state index contributed by atoms with van der Waals surface area (Å²) in [5, 5.41) is 6.58. The number of amides is 1. The van der Waals surface area contributed by atoms with Gasteiger partial charge in [-0.25, -0.2) is 0 Å². The van der Waals surface area contributed by atoms with Crippen LogP contribution in [0.4, 0.5) is 0 Å². The van der Waals surface area contributed by atoms with E-state index in [1.165, 1.54) is 11.1 Å². The maximum atomic E-state index is 11.9. The summed E-state index contributed by atoms with van der Waals surface area (Å²) in [5.41, 5.74) is 2.48. The Balaban J connectivity index is 1.81. The SMILES string of the molecule is CCc1ccc(CCC(=O)NC(C)c2nc(C)no2)cc1. The Kier molecular flexibility index (Phi) is 5.09. The summed E-state index contributed by atoms with van der Waals surface area (Å²) >= 11 is 0. The first-order valence-corrected chi connectivity index (χ1v) is 7.26. The predicted molar refractivity (Wildman–Crippen MR) is 79.7 cm³/mol. The molecule has 0 spiro atoms. The smallest absolute Gasteiger partial charge is 0.248 e. The van der Waals surface area contributed by atoms with Crippen LogP contribution in [-0.4, -0.2) is 16.0 Å². The van der Waals surface area contributed by atoms with Crippen LogP contribution in [0, 0.1) is 6.92 Å². The third-order valence-corrected chi connectivity index (χ3v) is 3.36. The summed E-state index contributed by atoms with van der Waals surface area (Å²) in [6.07, 6.45) is 2.20. The van der Waals surface area contributed by atoms with Gasteiger partial charge in [-0.2, -0.15) is 4.98 Å². The minimum atomic E-state index is -0.263. The number of aromatic nitrogens is 2. The molecule has 0 saturated heterocycles. The molecule has 5 heteroatoms. The molecule has 0 aliphatic heterocycles. The Morgan fingerprint density at radius 3 is 2.52 bits per heavy atom. The Hall–Kier alpha value is -2.17. The molecule has 2 rings (SSSR count). The van der Waals surface area contributed by atoms with Crippen molar-refractivity contribution in [1.82, 2.24) is 15.5 Å². The minimum Gasteiger partial charge on any atom is -0.345 e. The molecule has 1 aromatic heterocycles. The zero-order chi connectivity index (χ0) is 15.2. The highest BCUT2D eigenvalue weighted by atomic mass is 16.5. The van der Waals surface area contributed by atoms with E-state index in [1.54, 1.807) is 6.92 Å². The minimum absolute atomic E-state index is 0.0158. The number of hydrogen-bond acceptors (Lipinski definition) is 4. The van der Waals surface area contributed by atoms with Crippen molar-refractivity contribution in [2.45, 2.75) is 46.1 Å². The van der Waals surface area contributed by atoms with Crippen molar-refractivity contribution in [3.63, 3.8) is 0 Å². The molecule has 1 aromatic carbocycles. The lowest BCUT2D eigenvalue weighted by atomic mass is 10.1. The molecule has 1 amide bonds. The van der Waals surface area contributed by atoms with E-state index in [-0.39, 0.29) is 11.9 Å². The van der Waals surface area contributed by atoms with Gasteiger partial charge in [-0.05, 0) is 37.8 Å². The fraction of sp³-hybridized carbons (Fsp3) is 0.438. The molecule has 0 aliphatic carbocycles. The fourth-order valence-corrected chi connectivity index (χ4v) is 2.06. The molecule has 5 nitrogen and oxygen atoms in total. The van der Waals surface area contributed by atoms with Crippen LogP contribution < -0.4 is 5.32 Å². The highest BCUT2D eigenvalue weighted by Crippen LogP contribution is 2.11. The average Bonchev–Trinajstić information content (AvgIpc) is 2.92. The summed E-state index contributed by atoms with van der Waals surface area (Å²) in [4.78, 5) is 16.0. The van der Waals surface area contributed by atoms with Crippen LogP contribution in [0.25, 0.3) is 0 Å². The number of benzene rings is 1. The zero-order valence-electron chi connectivity index (χ0n) is 12.7. The molecule has 0 radical (unpaired) electrons. The van der Waals surface area contributed by atoms with Crippen molar-refractivity contribution >= 4 is 5.91 Å². The van der Waals surface area contributed by atoms with Crippen molar-refractivity contribution in [2.24, 2.45) is 0 Å². The van der Waals surface area contributed by atoms with Crippen LogP contribution in [0.1, 0.15) is 49.2 Å². The van der Waals surface area contributed by atoms with Crippen LogP contribution in [-0.2, 0) is 17.6 Å². The second-order valence-electron chi connectivity index (χ2n) is 5.14. The maximum absolute atomic E-state index is 11.9. The Morgan fingerprint density at radius 2 is 1.95 bits per heavy atom. The molecular formula is C16H21N3O2. The molecule has 1 atom stereocenters. The van der Waals surface area contributed by atoms with E-state index in [0.717, 1.165) is 12.8 Å². The summed E-state index contributed by atoms with van der Waals surface area (Å²) in [5.74, 6) is 0.994. The van der Waals surface area contributed by atoms with Gasteiger partial charge in [-0.1, -0.05) is 36.3 Å². The second-order valence-corrected chi connectivity index (χ2v) is 5.14. The lowest BCUT2D eigenvalue weighted by Crippen LogP contribution is -2.27. The summed E-state index contributed by atoms with van der Waals surface area (Å²) in [6, 6.07) is 8.11. The Morgan fingerprint density at radius 1 is 1.29 bits per heavy atom. The van der Waals surface area contributed by atoms with Gasteiger partial charge in [0.15, 0.2) is 5.82 Å². The summed E-state index contributed by atoms with van der Waals surface area (Å²) < 4.78 is 5.04. The number of nitrogens with one attached hydrogen (secondary N) is 1. The van der Waals surface area contributed by atoms with E-state index in [0.29, 0.717) is 18.1 Å². The average molecular weight is 287 g/mol. The monoisotopic (exact) mass is 287 g/mol. The third-order valence-electron chi connectivity index (χ3n) is 3.36. The highest BCUT2D eigenvalue weighted by Gasteiger charge is 2.15. The van der Waals surface area contributed by atoms with E-state index in [2.05, 4.69) is 46.6 Å². The van der Waals surface area contributed by atoms with Crippen LogP contribution in [0.3, 0.4) is 0 Å². The van der Waals surface area contributed by atoms with E-state index < -0.39 is 0 Å². The van der Waals surface area contributed by atoms with E-state index >= 15 is 0 Å². The molecule has 0 aliphatic rings. The lowest BCUT2D eigenvalue weighted by molar-refractivity contribution is -0.121. The van der Waals surface area contributed by atoms with Gasteiger partial charge in [0.2, 0.25) is 11.8 Å². The van der Waals surface area contributed by atoms with Crippen LogP contribution in [0.15, 0.2) is 28.8 Å². The first-order chi connectivity index (χ1) is 10.1. The number of carbonyl (C=O) groups is 1. The first-order valence-electron chi connectivity index (χ1n) is 7.26. The lowest BCUT2D eigenvalue weighted by Gasteiger charge is -2.09. The van der Waals surface area contributed by atoms with Gasteiger partial charge in [0, 0.05) is 6.42 Å². The highest BCUT2D eigenvalue weighted by molar-refractivity contribution is 5.76. The number of aryl methyl sites for hydroxylation is 3. The molecule has 21 heavy (non-hydrogen) atoms. The van der Waals surface area contributed by atoms with Gasteiger partial charge < -0.3 is 9.84 Å². The number of rotatable bonds is 6.